The first-order valence-corrected chi connectivity index (χ1v) is 6.40. The molecule has 0 bridgehead atoms. The minimum atomic E-state index is -1.13. The standard InChI is InChI=1S/C13H18N2O4/c1-7(2)8-5-13(8,19)6-11(17)14-9-3-4-10(16)15-12(9)18/h5,7,9,19H,3-4,6H2,1-2H3,(H,14,17)(H,15,16,18). The molecule has 1 aliphatic heterocycles. The smallest absolute Gasteiger partial charge is 0.249 e. The van der Waals surface area contributed by atoms with Gasteiger partial charge in [0.25, 0.3) is 0 Å². The van der Waals surface area contributed by atoms with Crippen LogP contribution in [0.3, 0.4) is 0 Å². The van der Waals surface area contributed by atoms with Crippen LogP contribution >= 0.6 is 0 Å². The Morgan fingerprint density at radius 1 is 1.58 bits per heavy atom. The Morgan fingerprint density at radius 3 is 2.79 bits per heavy atom. The fourth-order valence-electron chi connectivity index (χ4n) is 2.36. The number of amides is 3. The number of aliphatic hydroxyl groups is 1. The van der Waals surface area contributed by atoms with Gasteiger partial charge in [-0.25, -0.2) is 0 Å². The maximum Gasteiger partial charge on any atom is 0.249 e. The normalized spacial score (nSPS) is 29.9. The molecule has 6 nitrogen and oxygen atoms in total. The molecule has 2 rings (SSSR count). The molecule has 0 spiro atoms. The molecule has 2 aliphatic rings. The van der Waals surface area contributed by atoms with Gasteiger partial charge in [-0.2, -0.15) is 0 Å². The molecule has 3 N–H and O–H groups in total. The van der Waals surface area contributed by atoms with Crippen LogP contribution in [0.5, 0.6) is 0 Å². The quantitative estimate of drug-likeness (QED) is 0.477. The first-order chi connectivity index (χ1) is 8.82. The lowest BCUT2D eigenvalue weighted by atomic mass is 10.0. The molecule has 2 unspecified atom stereocenters. The summed E-state index contributed by atoms with van der Waals surface area (Å²) in [6.07, 6.45) is 2.12. The van der Waals surface area contributed by atoms with E-state index in [4.69, 9.17) is 0 Å². The minimum Gasteiger partial charge on any atom is -0.381 e. The van der Waals surface area contributed by atoms with Crippen LogP contribution in [0.4, 0.5) is 0 Å². The van der Waals surface area contributed by atoms with E-state index in [0.717, 1.165) is 5.57 Å². The summed E-state index contributed by atoms with van der Waals surface area (Å²) in [6, 6.07) is -0.685. The molecule has 2 atom stereocenters. The lowest BCUT2D eigenvalue weighted by Crippen LogP contribution is -2.52. The Hall–Kier alpha value is -1.69. The van der Waals surface area contributed by atoms with Gasteiger partial charge in [-0.15, -0.1) is 0 Å². The number of imide groups is 1. The molecule has 6 heteroatoms. The van der Waals surface area contributed by atoms with Crippen molar-refractivity contribution in [3.8, 4) is 0 Å². The number of carbonyl (C=O) groups excluding carboxylic acids is 3. The van der Waals surface area contributed by atoms with Gasteiger partial charge in [0, 0.05) is 6.42 Å². The van der Waals surface area contributed by atoms with E-state index < -0.39 is 17.6 Å². The number of carbonyl (C=O) groups is 3. The molecule has 0 saturated carbocycles. The second-order valence-corrected chi connectivity index (χ2v) is 5.43. The van der Waals surface area contributed by atoms with Crippen molar-refractivity contribution >= 4 is 17.7 Å². The third kappa shape index (κ3) is 3.01. The van der Waals surface area contributed by atoms with E-state index in [2.05, 4.69) is 10.6 Å². The number of nitrogens with one attached hydrogen (secondary N) is 2. The predicted molar refractivity (Wildman–Crippen MR) is 66.8 cm³/mol. The van der Waals surface area contributed by atoms with E-state index >= 15 is 0 Å². The number of rotatable bonds is 4. The molecule has 1 aliphatic carbocycles. The van der Waals surface area contributed by atoms with Crippen LogP contribution in [-0.4, -0.2) is 34.5 Å². The van der Waals surface area contributed by atoms with Crippen molar-refractivity contribution in [3.63, 3.8) is 0 Å². The van der Waals surface area contributed by atoms with Gasteiger partial charge in [-0.1, -0.05) is 13.8 Å². The van der Waals surface area contributed by atoms with Crippen LogP contribution in [0.1, 0.15) is 33.1 Å². The van der Waals surface area contributed by atoms with Crippen LogP contribution in [-0.2, 0) is 14.4 Å². The third-order valence-electron chi connectivity index (χ3n) is 3.44. The summed E-state index contributed by atoms with van der Waals surface area (Å²) in [5.41, 5.74) is -0.273. The van der Waals surface area contributed by atoms with Crippen molar-refractivity contribution in [3.05, 3.63) is 11.6 Å². The molecule has 1 fully saturated rings. The Bertz CT molecular complexity index is 469. The summed E-state index contributed by atoms with van der Waals surface area (Å²) in [6.45, 7) is 3.89. The molecular weight excluding hydrogens is 248 g/mol. The predicted octanol–water partition coefficient (Wildman–Crippen LogP) is -0.375. The fraction of sp³-hybridized carbons (Fsp3) is 0.615. The zero-order chi connectivity index (χ0) is 14.2. The van der Waals surface area contributed by atoms with Crippen LogP contribution in [0.15, 0.2) is 11.6 Å². The topological polar surface area (TPSA) is 95.5 Å². The van der Waals surface area contributed by atoms with Gasteiger partial charge in [0.1, 0.15) is 11.6 Å². The van der Waals surface area contributed by atoms with E-state index in [1.54, 1.807) is 6.08 Å². The molecule has 0 aromatic carbocycles. The fourth-order valence-corrected chi connectivity index (χ4v) is 2.36. The van der Waals surface area contributed by atoms with E-state index in [1.165, 1.54) is 0 Å². The summed E-state index contributed by atoms with van der Waals surface area (Å²) >= 11 is 0. The van der Waals surface area contributed by atoms with Gasteiger partial charge in [0.2, 0.25) is 17.7 Å². The highest BCUT2D eigenvalue weighted by Crippen LogP contribution is 2.42. The SMILES string of the molecule is CC(C)C1=CC1(O)CC(=O)NC1CCC(=O)NC1=O. The monoisotopic (exact) mass is 266 g/mol. The number of hydrogen-bond acceptors (Lipinski definition) is 4. The molecule has 1 saturated heterocycles. The largest absolute Gasteiger partial charge is 0.381 e. The maximum absolute atomic E-state index is 11.8. The van der Waals surface area contributed by atoms with E-state index in [9.17, 15) is 19.5 Å². The van der Waals surface area contributed by atoms with Gasteiger partial charge in [-0.3, -0.25) is 19.7 Å². The van der Waals surface area contributed by atoms with Crippen LogP contribution in [0.25, 0.3) is 0 Å². The summed E-state index contributed by atoms with van der Waals surface area (Å²) in [5, 5.41) is 14.8. The molecule has 0 aromatic heterocycles. The Balaban J connectivity index is 1.83. The van der Waals surface area contributed by atoms with Crippen LogP contribution < -0.4 is 10.6 Å². The summed E-state index contributed by atoms with van der Waals surface area (Å²) in [4.78, 5) is 34.2. The second kappa shape index (κ2) is 4.77. The maximum atomic E-state index is 11.8. The first kappa shape index (κ1) is 13.7. The van der Waals surface area contributed by atoms with Gasteiger partial charge in [0.15, 0.2) is 0 Å². The molecule has 104 valence electrons. The van der Waals surface area contributed by atoms with Gasteiger partial charge in [-0.05, 0) is 24.0 Å². The molecule has 0 aromatic rings. The number of piperidine rings is 1. The van der Waals surface area contributed by atoms with Gasteiger partial charge < -0.3 is 10.4 Å². The van der Waals surface area contributed by atoms with Crippen LogP contribution in [0, 0.1) is 5.92 Å². The van der Waals surface area contributed by atoms with Crippen molar-refractivity contribution in [2.24, 2.45) is 5.92 Å². The average Bonchev–Trinajstić information content (AvgIpc) is 2.94. The molecule has 1 heterocycles. The van der Waals surface area contributed by atoms with Gasteiger partial charge >= 0.3 is 0 Å². The van der Waals surface area contributed by atoms with E-state index in [1.807, 2.05) is 13.8 Å². The zero-order valence-electron chi connectivity index (χ0n) is 11.0. The highest BCUT2D eigenvalue weighted by atomic mass is 16.3. The summed E-state index contributed by atoms with van der Waals surface area (Å²) in [5.74, 6) is -0.984. The minimum absolute atomic E-state index is 0.0712. The summed E-state index contributed by atoms with van der Waals surface area (Å²) in [7, 11) is 0. The lowest BCUT2D eigenvalue weighted by molar-refractivity contribution is -0.137. The van der Waals surface area contributed by atoms with Crippen molar-refractivity contribution in [1.82, 2.24) is 10.6 Å². The Kier molecular flexibility index (Phi) is 3.45. The highest BCUT2D eigenvalue weighted by Gasteiger charge is 2.45. The lowest BCUT2D eigenvalue weighted by Gasteiger charge is -2.22. The van der Waals surface area contributed by atoms with Gasteiger partial charge in [0.05, 0.1) is 6.42 Å². The molecule has 0 radical (unpaired) electrons. The van der Waals surface area contributed by atoms with E-state index in [-0.39, 0.29) is 30.6 Å². The third-order valence-corrected chi connectivity index (χ3v) is 3.44. The molecule has 19 heavy (non-hydrogen) atoms. The molecule has 3 amide bonds. The highest BCUT2D eigenvalue weighted by molar-refractivity contribution is 6.01. The van der Waals surface area contributed by atoms with Crippen molar-refractivity contribution < 1.29 is 19.5 Å². The van der Waals surface area contributed by atoms with Crippen molar-refractivity contribution in [2.75, 3.05) is 0 Å². The van der Waals surface area contributed by atoms with Crippen LogP contribution in [0.2, 0.25) is 0 Å². The Labute approximate surface area is 111 Å². The second-order valence-electron chi connectivity index (χ2n) is 5.43. The number of hydrogen-bond donors (Lipinski definition) is 3. The Morgan fingerprint density at radius 2 is 2.26 bits per heavy atom. The van der Waals surface area contributed by atoms with Crippen molar-refractivity contribution in [1.29, 1.82) is 0 Å². The zero-order valence-corrected chi connectivity index (χ0v) is 11.0. The first-order valence-electron chi connectivity index (χ1n) is 6.40. The van der Waals surface area contributed by atoms with Crippen molar-refractivity contribution in [2.45, 2.75) is 44.8 Å². The average molecular weight is 266 g/mol. The summed E-state index contributed by atoms with van der Waals surface area (Å²) < 4.78 is 0. The van der Waals surface area contributed by atoms with E-state index in [0.29, 0.717) is 6.42 Å². The molecular formula is C13H18N2O4.